The van der Waals surface area contributed by atoms with Gasteiger partial charge in [0.2, 0.25) is 5.91 Å². The van der Waals surface area contributed by atoms with Crippen LogP contribution in [0.5, 0.6) is 0 Å². The molecule has 1 spiro atoms. The molecule has 0 atom stereocenters. The lowest BCUT2D eigenvalue weighted by Crippen LogP contribution is -2.42. The highest BCUT2D eigenvalue weighted by Crippen LogP contribution is 2.54. The lowest BCUT2D eigenvalue weighted by molar-refractivity contribution is -0.123. The number of nitrogens with zero attached hydrogens (tertiary/aromatic N) is 1. The van der Waals surface area contributed by atoms with E-state index >= 15 is 0 Å². The van der Waals surface area contributed by atoms with Gasteiger partial charge in [0.15, 0.2) is 0 Å². The number of fused-ring (bicyclic) bond motifs is 2. The van der Waals surface area contributed by atoms with Crippen molar-refractivity contribution in [2.75, 3.05) is 35.1 Å². The van der Waals surface area contributed by atoms with E-state index in [0.29, 0.717) is 68.4 Å². The third-order valence-corrected chi connectivity index (χ3v) is 8.77. The standard InChI is InChI=1S/C25H28F2N4O5S/c1-2-36-24(33)31-10-6-16(7-11-31)28-20-14-17(13-18-22(20)29-23(32)25(18)8-3-9-25)30-37(34,35)21-5-4-15(26)12-19(21)27/h4-5,12-14,16,28,30H,2-3,6-11H2,1H3,(H,29,32). The SMILES string of the molecule is CCOC(=O)N1CCC(Nc2cc(NS(=O)(=O)c3ccc(F)cc3F)cc3c2NC(=O)C32CCC2)CC1. The maximum absolute atomic E-state index is 14.3. The van der Waals surface area contributed by atoms with Crippen LogP contribution < -0.4 is 15.4 Å². The van der Waals surface area contributed by atoms with Gasteiger partial charge in [-0.2, -0.15) is 0 Å². The molecular formula is C25H28F2N4O5S. The molecule has 3 N–H and O–H groups in total. The topological polar surface area (TPSA) is 117 Å². The van der Waals surface area contributed by atoms with Crippen molar-refractivity contribution in [2.45, 2.75) is 55.4 Å². The maximum atomic E-state index is 14.3. The number of carbonyl (C=O) groups excluding carboxylic acids is 2. The summed E-state index contributed by atoms with van der Waals surface area (Å²) in [5.74, 6) is -2.21. The van der Waals surface area contributed by atoms with Gasteiger partial charge in [-0.25, -0.2) is 22.0 Å². The molecule has 2 fully saturated rings. The van der Waals surface area contributed by atoms with Gasteiger partial charge < -0.3 is 20.3 Å². The minimum atomic E-state index is -4.37. The normalized spacial score (nSPS) is 18.7. The Bertz CT molecular complexity index is 1360. The van der Waals surface area contributed by atoms with E-state index < -0.39 is 32.0 Å². The van der Waals surface area contributed by atoms with E-state index in [1.54, 1.807) is 24.0 Å². The van der Waals surface area contributed by atoms with Gasteiger partial charge in [-0.05, 0) is 62.4 Å². The highest BCUT2D eigenvalue weighted by atomic mass is 32.2. The van der Waals surface area contributed by atoms with Crippen LogP contribution in [0.1, 0.15) is 44.6 Å². The first kappa shape index (κ1) is 25.2. The molecule has 2 aromatic rings. The fraction of sp³-hybridized carbons (Fsp3) is 0.440. The van der Waals surface area contributed by atoms with Crippen LogP contribution in [0.15, 0.2) is 35.2 Å². The van der Waals surface area contributed by atoms with Crippen LogP contribution in [0.2, 0.25) is 0 Å². The number of anilines is 3. The minimum Gasteiger partial charge on any atom is -0.450 e. The molecular weight excluding hydrogens is 506 g/mol. The van der Waals surface area contributed by atoms with Crippen molar-refractivity contribution < 1.29 is 31.5 Å². The van der Waals surface area contributed by atoms with Gasteiger partial charge in [0.1, 0.15) is 16.5 Å². The third-order valence-electron chi connectivity index (χ3n) is 7.35. The molecule has 9 nitrogen and oxygen atoms in total. The number of ether oxygens (including phenoxy) is 1. The number of nitrogens with one attached hydrogen (secondary N) is 3. The second-order valence-electron chi connectivity index (χ2n) is 9.62. The Morgan fingerprint density at radius 3 is 2.54 bits per heavy atom. The minimum absolute atomic E-state index is 0.0361. The first-order valence-corrected chi connectivity index (χ1v) is 13.8. The van der Waals surface area contributed by atoms with Crippen LogP contribution in [-0.2, 0) is 25.0 Å². The molecule has 37 heavy (non-hydrogen) atoms. The lowest BCUT2D eigenvalue weighted by Gasteiger charge is -2.36. The van der Waals surface area contributed by atoms with Gasteiger partial charge in [0.25, 0.3) is 10.0 Å². The Balaban J connectivity index is 1.44. The average molecular weight is 535 g/mol. The summed E-state index contributed by atoms with van der Waals surface area (Å²) in [6, 6.07) is 5.40. The fourth-order valence-corrected chi connectivity index (χ4v) is 6.35. The van der Waals surface area contributed by atoms with E-state index in [9.17, 15) is 26.8 Å². The summed E-state index contributed by atoms with van der Waals surface area (Å²) in [6.45, 7) is 3.03. The van der Waals surface area contributed by atoms with E-state index in [1.165, 1.54) is 0 Å². The molecule has 0 unspecified atom stereocenters. The van der Waals surface area contributed by atoms with Crippen molar-refractivity contribution in [1.82, 2.24) is 4.90 Å². The summed E-state index contributed by atoms with van der Waals surface area (Å²) < 4.78 is 61.0. The largest absolute Gasteiger partial charge is 0.450 e. The number of hydrogen-bond acceptors (Lipinski definition) is 6. The van der Waals surface area contributed by atoms with Crippen molar-refractivity contribution >= 4 is 39.1 Å². The summed E-state index contributed by atoms with van der Waals surface area (Å²) in [7, 11) is -4.37. The smallest absolute Gasteiger partial charge is 0.409 e. The number of carbonyl (C=O) groups is 2. The molecule has 1 saturated carbocycles. The van der Waals surface area contributed by atoms with Crippen molar-refractivity contribution in [3.8, 4) is 0 Å². The highest BCUT2D eigenvalue weighted by Gasteiger charge is 2.52. The molecule has 0 aromatic heterocycles. The van der Waals surface area contributed by atoms with Gasteiger partial charge in [0.05, 0.1) is 29.1 Å². The van der Waals surface area contributed by atoms with E-state index in [-0.39, 0.29) is 23.7 Å². The number of hydrogen-bond donors (Lipinski definition) is 3. The molecule has 0 radical (unpaired) electrons. The number of sulfonamides is 1. The molecule has 1 saturated heterocycles. The lowest BCUT2D eigenvalue weighted by atomic mass is 9.65. The van der Waals surface area contributed by atoms with Crippen LogP contribution in [-0.4, -0.2) is 51.1 Å². The Morgan fingerprint density at radius 1 is 1.19 bits per heavy atom. The predicted molar refractivity (Wildman–Crippen MR) is 133 cm³/mol. The Morgan fingerprint density at radius 2 is 1.92 bits per heavy atom. The maximum Gasteiger partial charge on any atom is 0.409 e. The van der Waals surface area contributed by atoms with Gasteiger partial charge in [0, 0.05) is 25.2 Å². The second kappa shape index (κ2) is 9.47. The zero-order valence-corrected chi connectivity index (χ0v) is 21.1. The van der Waals surface area contributed by atoms with E-state index in [0.717, 1.165) is 18.6 Å². The summed E-state index contributed by atoms with van der Waals surface area (Å²) in [4.78, 5) is 25.9. The Labute approximate surface area is 213 Å². The number of benzene rings is 2. The number of piperidine rings is 1. The van der Waals surface area contributed by atoms with Crippen molar-refractivity contribution in [2.24, 2.45) is 0 Å². The summed E-state index contributed by atoms with van der Waals surface area (Å²) in [6.07, 6.45) is 3.06. The highest BCUT2D eigenvalue weighted by molar-refractivity contribution is 7.92. The van der Waals surface area contributed by atoms with E-state index in [1.807, 2.05) is 0 Å². The van der Waals surface area contributed by atoms with E-state index in [4.69, 9.17) is 4.74 Å². The molecule has 2 heterocycles. The van der Waals surface area contributed by atoms with Crippen LogP contribution in [0.4, 0.5) is 30.6 Å². The van der Waals surface area contributed by atoms with Crippen LogP contribution in [0.25, 0.3) is 0 Å². The average Bonchev–Trinajstić information content (AvgIpc) is 3.11. The molecule has 2 aliphatic heterocycles. The Kier molecular flexibility index (Phi) is 6.47. The number of likely N-dealkylation sites (tertiary alicyclic amines) is 1. The van der Waals surface area contributed by atoms with Gasteiger partial charge >= 0.3 is 6.09 Å². The van der Waals surface area contributed by atoms with Crippen LogP contribution in [0, 0.1) is 11.6 Å². The van der Waals surface area contributed by atoms with Crippen LogP contribution in [0.3, 0.4) is 0 Å². The zero-order chi connectivity index (χ0) is 26.4. The second-order valence-corrected chi connectivity index (χ2v) is 11.3. The van der Waals surface area contributed by atoms with Gasteiger partial charge in [-0.1, -0.05) is 6.42 Å². The Hall–Kier alpha value is -3.41. The molecule has 3 aliphatic rings. The van der Waals surface area contributed by atoms with Gasteiger partial charge in [-0.3, -0.25) is 9.52 Å². The molecule has 2 aromatic carbocycles. The third kappa shape index (κ3) is 4.58. The molecule has 198 valence electrons. The molecule has 5 rings (SSSR count). The first-order valence-electron chi connectivity index (χ1n) is 12.3. The zero-order valence-electron chi connectivity index (χ0n) is 20.3. The fourth-order valence-electron chi connectivity index (χ4n) is 5.25. The van der Waals surface area contributed by atoms with Crippen molar-refractivity contribution in [3.63, 3.8) is 0 Å². The summed E-state index contributed by atoms with van der Waals surface area (Å²) >= 11 is 0. The predicted octanol–water partition coefficient (Wildman–Crippen LogP) is 4.17. The summed E-state index contributed by atoms with van der Waals surface area (Å²) in [5, 5.41) is 6.38. The van der Waals surface area contributed by atoms with E-state index in [2.05, 4.69) is 15.4 Å². The quantitative estimate of drug-likeness (QED) is 0.512. The molecule has 2 amide bonds. The monoisotopic (exact) mass is 534 g/mol. The molecule has 1 aliphatic carbocycles. The van der Waals surface area contributed by atoms with Crippen LogP contribution >= 0.6 is 0 Å². The van der Waals surface area contributed by atoms with Gasteiger partial charge in [-0.15, -0.1) is 0 Å². The first-order chi connectivity index (χ1) is 17.6. The number of amides is 2. The molecule has 12 heteroatoms. The van der Waals surface area contributed by atoms with Crippen molar-refractivity contribution in [1.29, 1.82) is 0 Å². The summed E-state index contributed by atoms with van der Waals surface area (Å²) in [5.41, 5.74) is 1.28. The van der Waals surface area contributed by atoms with Crippen molar-refractivity contribution in [3.05, 3.63) is 47.5 Å². The number of halogens is 2. The molecule has 0 bridgehead atoms. The number of rotatable bonds is 6.